The van der Waals surface area contributed by atoms with Gasteiger partial charge in [-0.2, -0.15) is 0 Å². The van der Waals surface area contributed by atoms with E-state index in [2.05, 4.69) is 0 Å². The van der Waals surface area contributed by atoms with E-state index in [9.17, 15) is 4.39 Å². The second-order valence-corrected chi connectivity index (χ2v) is 3.74. The van der Waals surface area contributed by atoms with Gasteiger partial charge < -0.3 is 10.5 Å². The number of hydrogen-bond donors (Lipinski definition) is 1. The van der Waals surface area contributed by atoms with Crippen LogP contribution in [0.2, 0.25) is 0 Å². The van der Waals surface area contributed by atoms with Crippen molar-refractivity contribution in [1.29, 1.82) is 0 Å². The van der Waals surface area contributed by atoms with Crippen LogP contribution in [0.15, 0.2) is 48.5 Å². The van der Waals surface area contributed by atoms with E-state index in [4.69, 9.17) is 10.5 Å². The molecule has 0 radical (unpaired) electrons. The summed E-state index contributed by atoms with van der Waals surface area (Å²) in [4.78, 5) is 0. The number of para-hydroxylation sites is 1. The van der Waals surface area contributed by atoms with Gasteiger partial charge in [0, 0.05) is 6.54 Å². The first-order chi connectivity index (χ1) is 8.29. The molecule has 0 atom stereocenters. The highest BCUT2D eigenvalue weighted by atomic mass is 19.1. The monoisotopic (exact) mass is 231 g/mol. The van der Waals surface area contributed by atoms with E-state index >= 15 is 0 Å². The lowest BCUT2D eigenvalue weighted by Crippen LogP contribution is -2.00. The van der Waals surface area contributed by atoms with E-state index in [-0.39, 0.29) is 11.6 Å². The molecule has 2 N–H and O–H groups in total. The Morgan fingerprint density at radius 3 is 2.53 bits per heavy atom. The number of nitrogens with two attached hydrogens (primary N) is 1. The maximum absolute atomic E-state index is 13.3. The van der Waals surface area contributed by atoms with Gasteiger partial charge in [0.15, 0.2) is 11.6 Å². The first kappa shape index (κ1) is 11.6. The largest absolute Gasteiger partial charge is 0.486 e. The quantitative estimate of drug-likeness (QED) is 0.878. The molecule has 0 amide bonds. The lowest BCUT2D eigenvalue weighted by molar-refractivity contribution is 0.290. The molecule has 2 nitrogen and oxygen atoms in total. The number of hydrogen-bond acceptors (Lipinski definition) is 2. The van der Waals surface area contributed by atoms with Crippen molar-refractivity contribution in [2.75, 3.05) is 0 Å². The number of halogens is 1. The molecule has 0 saturated carbocycles. The normalized spacial score (nSPS) is 10.2. The highest BCUT2D eigenvalue weighted by molar-refractivity contribution is 5.26. The molecule has 17 heavy (non-hydrogen) atoms. The van der Waals surface area contributed by atoms with Crippen LogP contribution in [0.1, 0.15) is 11.1 Å². The Balaban J connectivity index is 2.05. The smallest absolute Gasteiger partial charge is 0.165 e. The summed E-state index contributed by atoms with van der Waals surface area (Å²) in [6.07, 6.45) is 0. The van der Waals surface area contributed by atoms with E-state index in [1.165, 1.54) is 6.07 Å². The molecule has 0 heterocycles. The van der Waals surface area contributed by atoms with Crippen molar-refractivity contribution >= 4 is 0 Å². The van der Waals surface area contributed by atoms with E-state index in [0.717, 1.165) is 11.1 Å². The zero-order valence-electron chi connectivity index (χ0n) is 9.40. The maximum atomic E-state index is 13.3. The average Bonchev–Trinajstić information content (AvgIpc) is 2.38. The third-order valence-electron chi connectivity index (χ3n) is 2.46. The molecule has 0 fully saturated rings. The van der Waals surface area contributed by atoms with Gasteiger partial charge in [0.1, 0.15) is 6.61 Å². The van der Waals surface area contributed by atoms with Crippen LogP contribution in [-0.4, -0.2) is 0 Å². The van der Waals surface area contributed by atoms with Gasteiger partial charge in [0.25, 0.3) is 0 Å². The van der Waals surface area contributed by atoms with Gasteiger partial charge >= 0.3 is 0 Å². The fraction of sp³-hybridized carbons (Fsp3) is 0.143. The fourth-order valence-corrected chi connectivity index (χ4v) is 1.57. The average molecular weight is 231 g/mol. The molecule has 2 aromatic carbocycles. The summed E-state index contributed by atoms with van der Waals surface area (Å²) in [6.45, 7) is 0.836. The molecule has 2 rings (SSSR count). The standard InChI is InChI=1S/C14H14FNO/c15-13-6-1-2-7-14(13)17-10-12-5-3-4-11(8-12)9-16/h1-8H,9-10,16H2. The Hall–Kier alpha value is -1.87. The van der Waals surface area contributed by atoms with Crippen molar-refractivity contribution in [3.8, 4) is 5.75 Å². The Morgan fingerprint density at radius 2 is 1.76 bits per heavy atom. The second-order valence-electron chi connectivity index (χ2n) is 3.74. The third kappa shape index (κ3) is 3.04. The summed E-state index contributed by atoms with van der Waals surface area (Å²) in [5, 5.41) is 0. The lowest BCUT2D eigenvalue weighted by Gasteiger charge is -2.07. The SMILES string of the molecule is NCc1cccc(COc2ccccc2F)c1. The molecule has 0 unspecified atom stereocenters. The Morgan fingerprint density at radius 1 is 1.00 bits per heavy atom. The zero-order chi connectivity index (χ0) is 12.1. The van der Waals surface area contributed by atoms with Crippen molar-refractivity contribution in [3.05, 3.63) is 65.5 Å². The van der Waals surface area contributed by atoms with Crippen LogP contribution in [0, 0.1) is 5.82 Å². The minimum atomic E-state index is -0.345. The van der Waals surface area contributed by atoms with Crippen LogP contribution in [0.25, 0.3) is 0 Å². The topological polar surface area (TPSA) is 35.2 Å². The van der Waals surface area contributed by atoms with Crippen molar-refractivity contribution < 1.29 is 9.13 Å². The van der Waals surface area contributed by atoms with Gasteiger partial charge in [-0.05, 0) is 23.3 Å². The summed E-state index contributed by atoms with van der Waals surface area (Å²) in [5.74, 6) is -0.0758. The van der Waals surface area contributed by atoms with E-state index in [0.29, 0.717) is 13.2 Å². The lowest BCUT2D eigenvalue weighted by atomic mass is 10.1. The van der Waals surface area contributed by atoms with Crippen molar-refractivity contribution in [2.45, 2.75) is 13.2 Å². The first-order valence-electron chi connectivity index (χ1n) is 5.45. The van der Waals surface area contributed by atoms with Crippen molar-refractivity contribution in [1.82, 2.24) is 0 Å². The molecule has 3 heteroatoms. The molecule has 0 aromatic heterocycles. The summed E-state index contributed by atoms with van der Waals surface area (Å²) in [6, 6.07) is 14.1. The van der Waals surface area contributed by atoms with E-state index < -0.39 is 0 Å². The van der Waals surface area contributed by atoms with E-state index in [1.54, 1.807) is 18.2 Å². The summed E-state index contributed by atoms with van der Waals surface area (Å²) >= 11 is 0. The van der Waals surface area contributed by atoms with Gasteiger partial charge in [-0.1, -0.05) is 36.4 Å². The van der Waals surface area contributed by atoms with Gasteiger partial charge in [-0.25, -0.2) is 4.39 Å². The Kier molecular flexibility index (Phi) is 3.73. The molecular weight excluding hydrogens is 217 g/mol. The third-order valence-corrected chi connectivity index (χ3v) is 2.46. The fourth-order valence-electron chi connectivity index (χ4n) is 1.57. The van der Waals surface area contributed by atoms with Gasteiger partial charge in [-0.15, -0.1) is 0 Å². The minimum Gasteiger partial charge on any atom is -0.486 e. The predicted octanol–water partition coefficient (Wildman–Crippen LogP) is 2.86. The van der Waals surface area contributed by atoms with Gasteiger partial charge in [0.05, 0.1) is 0 Å². The Bertz CT molecular complexity index is 499. The van der Waals surface area contributed by atoms with Crippen LogP contribution in [0.4, 0.5) is 4.39 Å². The predicted molar refractivity (Wildman–Crippen MR) is 65.1 cm³/mol. The molecule has 0 saturated heterocycles. The van der Waals surface area contributed by atoms with Crippen LogP contribution in [0.5, 0.6) is 5.75 Å². The van der Waals surface area contributed by atoms with E-state index in [1.807, 2.05) is 24.3 Å². The zero-order valence-corrected chi connectivity index (χ0v) is 9.40. The summed E-state index contributed by atoms with van der Waals surface area (Å²) < 4.78 is 18.7. The van der Waals surface area contributed by atoms with Crippen LogP contribution in [0.3, 0.4) is 0 Å². The molecule has 0 aliphatic carbocycles. The number of ether oxygens (including phenoxy) is 1. The maximum Gasteiger partial charge on any atom is 0.165 e. The van der Waals surface area contributed by atoms with Crippen LogP contribution >= 0.6 is 0 Å². The summed E-state index contributed by atoms with van der Waals surface area (Å²) in [7, 11) is 0. The van der Waals surface area contributed by atoms with Crippen molar-refractivity contribution in [3.63, 3.8) is 0 Å². The molecule has 0 aliphatic heterocycles. The van der Waals surface area contributed by atoms with Gasteiger partial charge in [-0.3, -0.25) is 0 Å². The number of benzene rings is 2. The van der Waals surface area contributed by atoms with Crippen LogP contribution < -0.4 is 10.5 Å². The molecule has 88 valence electrons. The Labute approximate surface area is 99.8 Å². The summed E-state index contributed by atoms with van der Waals surface area (Å²) in [5.41, 5.74) is 7.57. The molecule has 0 spiro atoms. The molecule has 0 aliphatic rings. The van der Waals surface area contributed by atoms with Gasteiger partial charge in [0.2, 0.25) is 0 Å². The molecule has 0 bridgehead atoms. The number of rotatable bonds is 4. The van der Waals surface area contributed by atoms with Crippen molar-refractivity contribution in [2.24, 2.45) is 5.73 Å². The highest BCUT2D eigenvalue weighted by Crippen LogP contribution is 2.17. The first-order valence-corrected chi connectivity index (χ1v) is 5.45. The second kappa shape index (κ2) is 5.46. The molecule has 2 aromatic rings. The molecular formula is C14H14FNO. The van der Waals surface area contributed by atoms with Crippen LogP contribution in [-0.2, 0) is 13.2 Å². The minimum absolute atomic E-state index is 0.269. The highest BCUT2D eigenvalue weighted by Gasteiger charge is 2.02.